The second-order valence-corrected chi connectivity index (χ2v) is 4.91. The number of ketones is 1. The summed E-state index contributed by atoms with van der Waals surface area (Å²) in [5, 5.41) is 0. The number of rotatable bonds is 7. The average molecular weight is 270 g/mol. The molecule has 1 rings (SSSR count). The van der Waals surface area contributed by atoms with Crippen LogP contribution in [0, 0.1) is 11.6 Å². The van der Waals surface area contributed by atoms with Crippen molar-refractivity contribution in [2.45, 2.75) is 6.42 Å². The molecule has 0 saturated heterocycles. The highest BCUT2D eigenvalue weighted by Gasteiger charge is 2.18. The van der Waals surface area contributed by atoms with Crippen molar-refractivity contribution in [3.63, 3.8) is 0 Å². The lowest BCUT2D eigenvalue weighted by Gasteiger charge is -2.17. The molecule has 0 N–H and O–H groups in total. The van der Waals surface area contributed by atoms with E-state index in [9.17, 15) is 13.6 Å². The van der Waals surface area contributed by atoms with Crippen LogP contribution in [0.2, 0.25) is 0 Å². The molecule has 0 unspecified atom stereocenters. The van der Waals surface area contributed by atoms with Gasteiger partial charge in [0.15, 0.2) is 5.78 Å². The number of carbonyl (C=O) groups is 1. The quantitative estimate of drug-likeness (QED) is 0.708. The monoisotopic (exact) mass is 270 g/mol. The molecule has 19 heavy (non-hydrogen) atoms. The molecule has 0 bridgehead atoms. The zero-order valence-electron chi connectivity index (χ0n) is 11.6. The molecule has 3 nitrogen and oxygen atoms in total. The van der Waals surface area contributed by atoms with E-state index in [4.69, 9.17) is 0 Å². The Balaban J connectivity index is 2.55. The number of halogens is 2. The zero-order chi connectivity index (χ0) is 14.4. The summed E-state index contributed by atoms with van der Waals surface area (Å²) in [5.74, 6) is -2.12. The Labute approximate surface area is 112 Å². The summed E-state index contributed by atoms with van der Waals surface area (Å²) in [6.07, 6.45) is 0.899. The molecule has 5 heteroatoms. The first kappa shape index (κ1) is 15.7. The molecule has 0 aliphatic heterocycles. The topological polar surface area (TPSA) is 23.6 Å². The molecule has 0 amide bonds. The van der Waals surface area contributed by atoms with Gasteiger partial charge in [-0.05, 0) is 52.8 Å². The highest BCUT2D eigenvalue weighted by molar-refractivity contribution is 5.98. The van der Waals surface area contributed by atoms with Gasteiger partial charge >= 0.3 is 0 Å². The highest BCUT2D eigenvalue weighted by atomic mass is 19.1. The van der Waals surface area contributed by atoms with E-state index in [1.807, 2.05) is 19.0 Å². The van der Waals surface area contributed by atoms with Crippen molar-refractivity contribution in [1.82, 2.24) is 9.80 Å². The van der Waals surface area contributed by atoms with Crippen molar-refractivity contribution in [3.8, 4) is 0 Å². The van der Waals surface area contributed by atoms with Crippen molar-refractivity contribution < 1.29 is 13.6 Å². The lowest BCUT2D eigenvalue weighted by atomic mass is 10.1. The molecule has 0 spiro atoms. The molecule has 0 aliphatic rings. The van der Waals surface area contributed by atoms with Crippen LogP contribution in [0.1, 0.15) is 16.8 Å². The van der Waals surface area contributed by atoms with Crippen LogP contribution in [-0.4, -0.2) is 56.4 Å². The van der Waals surface area contributed by atoms with Gasteiger partial charge < -0.3 is 4.90 Å². The van der Waals surface area contributed by atoms with Crippen LogP contribution >= 0.6 is 0 Å². The van der Waals surface area contributed by atoms with Gasteiger partial charge in [-0.3, -0.25) is 9.69 Å². The van der Waals surface area contributed by atoms with E-state index < -0.39 is 23.0 Å². The number of hydrogen-bond acceptors (Lipinski definition) is 3. The Morgan fingerprint density at radius 2 is 1.68 bits per heavy atom. The molecule has 0 heterocycles. The van der Waals surface area contributed by atoms with Crippen molar-refractivity contribution in [3.05, 3.63) is 35.4 Å². The van der Waals surface area contributed by atoms with Gasteiger partial charge in [-0.25, -0.2) is 8.78 Å². The minimum atomic E-state index is -0.799. The summed E-state index contributed by atoms with van der Waals surface area (Å²) in [5.41, 5.74) is -0.443. The summed E-state index contributed by atoms with van der Waals surface area (Å²) in [7, 11) is 5.71. The second kappa shape index (κ2) is 7.31. The van der Waals surface area contributed by atoms with Gasteiger partial charge in [-0.2, -0.15) is 0 Å². The normalized spacial score (nSPS) is 11.3. The first-order valence-corrected chi connectivity index (χ1v) is 6.22. The molecule has 0 aromatic heterocycles. The molecular formula is C14H20F2N2O. The first-order chi connectivity index (χ1) is 8.91. The van der Waals surface area contributed by atoms with E-state index in [2.05, 4.69) is 0 Å². The minimum absolute atomic E-state index is 0.0191. The summed E-state index contributed by atoms with van der Waals surface area (Å²) in [4.78, 5) is 15.7. The summed E-state index contributed by atoms with van der Waals surface area (Å²) in [6, 6.07) is 3.45. The van der Waals surface area contributed by atoms with E-state index in [1.54, 1.807) is 11.9 Å². The number of likely N-dealkylation sites (N-methyl/N-ethyl adjacent to an activating group) is 1. The molecule has 106 valence electrons. The summed E-state index contributed by atoms with van der Waals surface area (Å²) in [6.45, 7) is 1.64. The third kappa shape index (κ3) is 5.04. The fourth-order valence-corrected chi connectivity index (χ4v) is 1.82. The number of Topliss-reactive ketones (excluding diaryl/α,β-unsaturated/α-hetero) is 1. The van der Waals surface area contributed by atoms with Crippen LogP contribution in [0.15, 0.2) is 18.2 Å². The van der Waals surface area contributed by atoms with Crippen LogP contribution in [0.3, 0.4) is 0 Å². The zero-order valence-corrected chi connectivity index (χ0v) is 11.6. The largest absolute Gasteiger partial charge is 0.309 e. The lowest BCUT2D eigenvalue weighted by molar-refractivity contribution is 0.0936. The predicted molar refractivity (Wildman–Crippen MR) is 71.4 cm³/mol. The van der Waals surface area contributed by atoms with Crippen LogP contribution in [0.25, 0.3) is 0 Å². The molecule has 0 saturated carbocycles. The van der Waals surface area contributed by atoms with Crippen molar-refractivity contribution >= 4 is 5.78 Å². The number of benzene rings is 1. The maximum Gasteiger partial charge on any atom is 0.182 e. The van der Waals surface area contributed by atoms with E-state index in [0.29, 0.717) is 6.54 Å². The third-order valence-electron chi connectivity index (χ3n) is 2.80. The maximum atomic E-state index is 13.4. The van der Waals surface area contributed by atoms with Crippen molar-refractivity contribution in [2.75, 3.05) is 40.8 Å². The molecule has 0 radical (unpaired) electrons. The van der Waals surface area contributed by atoms with Crippen LogP contribution in [0.5, 0.6) is 0 Å². The molecule has 0 fully saturated rings. The fourth-order valence-electron chi connectivity index (χ4n) is 1.82. The van der Waals surface area contributed by atoms with Gasteiger partial charge in [0.2, 0.25) is 0 Å². The SMILES string of the molecule is CN(C)CCCN(C)CC(=O)c1c(F)cccc1F. The Bertz CT molecular complexity index is 415. The minimum Gasteiger partial charge on any atom is -0.309 e. The van der Waals surface area contributed by atoms with E-state index in [1.165, 1.54) is 6.07 Å². The van der Waals surface area contributed by atoms with Gasteiger partial charge in [-0.15, -0.1) is 0 Å². The van der Waals surface area contributed by atoms with Gasteiger partial charge in [0.25, 0.3) is 0 Å². The van der Waals surface area contributed by atoms with Gasteiger partial charge in [0.1, 0.15) is 11.6 Å². The van der Waals surface area contributed by atoms with Gasteiger partial charge in [0, 0.05) is 0 Å². The molecule has 0 atom stereocenters. The second-order valence-electron chi connectivity index (χ2n) is 4.91. The number of hydrogen-bond donors (Lipinski definition) is 0. The van der Waals surface area contributed by atoms with E-state index in [-0.39, 0.29) is 6.54 Å². The fraction of sp³-hybridized carbons (Fsp3) is 0.500. The van der Waals surface area contributed by atoms with Crippen molar-refractivity contribution in [2.24, 2.45) is 0 Å². The van der Waals surface area contributed by atoms with E-state index in [0.717, 1.165) is 25.1 Å². The van der Waals surface area contributed by atoms with Gasteiger partial charge in [-0.1, -0.05) is 6.07 Å². The predicted octanol–water partition coefficient (Wildman–Crippen LogP) is 2.03. The highest BCUT2D eigenvalue weighted by Crippen LogP contribution is 2.13. The van der Waals surface area contributed by atoms with Crippen LogP contribution < -0.4 is 0 Å². The summed E-state index contributed by atoms with van der Waals surface area (Å²) >= 11 is 0. The molecular weight excluding hydrogens is 250 g/mol. The first-order valence-electron chi connectivity index (χ1n) is 6.22. The Kier molecular flexibility index (Phi) is 6.05. The Morgan fingerprint density at radius 1 is 1.11 bits per heavy atom. The van der Waals surface area contributed by atoms with Crippen LogP contribution in [-0.2, 0) is 0 Å². The molecule has 1 aromatic carbocycles. The smallest absolute Gasteiger partial charge is 0.182 e. The molecule has 0 aliphatic carbocycles. The van der Waals surface area contributed by atoms with Crippen molar-refractivity contribution in [1.29, 1.82) is 0 Å². The Hall–Kier alpha value is -1.33. The van der Waals surface area contributed by atoms with Crippen LogP contribution in [0.4, 0.5) is 8.78 Å². The maximum absolute atomic E-state index is 13.4. The summed E-state index contributed by atoms with van der Waals surface area (Å²) < 4.78 is 26.8. The standard InChI is InChI=1S/C14H20F2N2O/c1-17(2)8-5-9-18(3)10-13(19)14-11(15)6-4-7-12(14)16/h4,6-7H,5,8-10H2,1-3H3. The Morgan fingerprint density at radius 3 is 2.21 bits per heavy atom. The lowest BCUT2D eigenvalue weighted by Crippen LogP contribution is -2.29. The number of nitrogens with zero attached hydrogens (tertiary/aromatic N) is 2. The molecule has 1 aromatic rings. The van der Waals surface area contributed by atoms with E-state index >= 15 is 0 Å². The van der Waals surface area contributed by atoms with Gasteiger partial charge in [0.05, 0.1) is 12.1 Å². The third-order valence-corrected chi connectivity index (χ3v) is 2.80. The number of carbonyl (C=O) groups excluding carboxylic acids is 1. The average Bonchev–Trinajstić information content (AvgIpc) is 2.27.